The fourth-order valence-corrected chi connectivity index (χ4v) is 8.28. The van der Waals surface area contributed by atoms with Crippen LogP contribution in [0, 0.1) is 0 Å². The first kappa shape index (κ1) is 33.0. The molecule has 1 atom stereocenters. The van der Waals surface area contributed by atoms with E-state index in [1.807, 2.05) is 0 Å². The molecule has 55 heavy (non-hydrogen) atoms. The van der Waals surface area contributed by atoms with Crippen molar-refractivity contribution >= 4 is 42.2 Å². The van der Waals surface area contributed by atoms with Crippen molar-refractivity contribution in [2.75, 3.05) is 0 Å². The zero-order valence-electron chi connectivity index (χ0n) is 31.4. The number of hydrogen-bond acceptors (Lipinski definition) is 0. The predicted molar refractivity (Wildman–Crippen MR) is 243 cm³/mol. The molecule has 0 spiro atoms. The van der Waals surface area contributed by atoms with Crippen molar-refractivity contribution in [3.05, 3.63) is 218 Å². The molecule has 0 aromatic heterocycles. The van der Waals surface area contributed by atoms with Crippen molar-refractivity contribution in [3.8, 4) is 66.8 Å². The van der Waals surface area contributed by atoms with Crippen LogP contribution >= 0.6 is 9.84 Å². The van der Waals surface area contributed by atoms with Gasteiger partial charge >= 0.3 is 0 Å². The Morgan fingerprint density at radius 1 is 0.200 bits per heavy atom. The van der Waals surface area contributed by atoms with E-state index in [9.17, 15) is 0 Å². The SMILES string of the molecule is [3H]P.c1ccc(-c2cc3c4cc(-c5ccccc5)c(-c5ccccc5)cc4c4cc(-c5ccccc5)c(-c5ccccc5)cc4c3cc2-c2ccccc2)cc1. The largest absolute Gasteiger partial charge is 0.153 e. The van der Waals surface area contributed by atoms with Crippen LogP contribution in [0.2, 0.25) is 0 Å². The van der Waals surface area contributed by atoms with Gasteiger partial charge in [0.25, 0.3) is 0 Å². The summed E-state index contributed by atoms with van der Waals surface area (Å²) in [6.45, 7) is 0. The van der Waals surface area contributed by atoms with Gasteiger partial charge in [0, 0.05) is 0 Å². The van der Waals surface area contributed by atoms with E-state index in [0.29, 0.717) is 0 Å². The number of hydrogen-bond donors (Lipinski definition) is 0. The highest BCUT2D eigenvalue weighted by molar-refractivity contribution is 6.92. The summed E-state index contributed by atoms with van der Waals surface area (Å²) in [7, 11) is 1.67. The van der Waals surface area contributed by atoms with Crippen molar-refractivity contribution < 1.29 is 0 Å². The minimum atomic E-state index is 1.21. The Bertz CT molecular complexity index is 2370. The normalized spacial score (nSPS) is 11.3. The molecule has 10 rings (SSSR count). The molecular weight excluding hydrogens is 680 g/mol. The molecule has 0 aliphatic heterocycles. The van der Waals surface area contributed by atoms with Crippen LogP contribution in [0.1, 0.15) is 0 Å². The van der Waals surface area contributed by atoms with Gasteiger partial charge in [0.15, 0.2) is 0 Å². The summed E-state index contributed by atoms with van der Waals surface area (Å²) in [5.74, 6) is 0. The van der Waals surface area contributed by atoms with E-state index >= 15 is 0 Å². The maximum absolute atomic E-state index is 5.67. The Hall–Kier alpha value is -6.59. The summed E-state index contributed by atoms with van der Waals surface area (Å²) >= 11 is 0. The van der Waals surface area contributed by atoms with Gasteiger partial charge in [-0.1, -0.05) is 182 Å². The molecule has 0 saturated heterocycles. The Morgan fingerprint density at radius 2 is 0.327 bits per heavy atom. The molecule has 0 fully saturated rings. The summed E-state index contributed by atoms with van der Waals surface area (Å²) in [6, 6.07) is 79.9. The van der Waals surface area contributed by atoms with E-state index in [1.165, 1.54) is 99.1 Å². The van der Waals surface area contributed by atoms with Crippen molar-refractivity contribution in [2.45, 2.75) is 0 Å². The molecule has 0 aliphatic carbocycles. The molecule has 0 bridgehead atoms. The van der Waals surface area contributed by atoms with Crippen molar-refractivity contribution in [1.29, 1.82) is 1.28 Å². The lowest BCUT2D eigenvalue weighted by Gasteiger charge is -2.21. The van der Waals surface area contributed by atoms with Crippen LogP contribution in [0.5, 0.6) is 0 Å². The first-order chi connectivity index (χ1) is 27.8. The second-order valence-electron chi connectivity index (χ2n) is 14.0. The minimum Gasteiger partial charge on any atom is -0.153 e. The van der Waals surface area contributed by atoms with Crippen LogP contribution in [-0.2, 0) is 0 Å². The maximum atomic E-state index is 5.67. The molecule has 0 saturated carbocycles. The van der Waals surface area contributed by atoms with Gasteiger partial charge in [-0.15, -0.1) is 0 Å². The average molecular weight is 721 g/mol. The molecular formula is C54H39P. The molecule has 10 aromatic carbocycles. The van der Waals surface area contributed by atoms with Crippen LogP contribution in [-0.4, -0.2) is 1.28 Å². The molecule has 0 nitrogen and oxygen atoms in total. The van der Waals surface area contributed by atoms with Gasteiger partial charge in [-0.25, -0.2) is 0 Å². The molecule has 260 valence electrons. The number of benzene rings is 10. The fourth-order valence-electron chi connectivity index (χ4n) is 8.28. The van der Waals surface area contributed by atoms with E-state index in [1.54, 1.807) is 9.84 Å². The highest BCUT2D eigenvalue weighted by atomic mass is 31.0. The molecule has 10 aromatic rings. The van der Waals surface area contributed by atoms with Gasteiger partial charge in [-0.3, -0.25) is 0 Å². The standard InChI is InChI=1S/C54H36.H3P/c1-7-19-37(20-8-1)43-31-49-50(32-44(43)38-21-9-2-10-22-38)52-34-46(40-25-13-4-14-26-40)48(42-29-17-6-18-30-42)36-54(52)53-35-47(41-27-15-5-16-28-41)45(33-51(49)53)39-23-11-3-12-24-39;/h1-36H;1H3/i;1T. The molecule has 1 heteroatoms. The van der Waals surface area contributed by atoms with Crippen molar-refractivity contribution in [3.63, 3.8) is 0 Å². The minimum absolute atomic E-state index is 1.21. The average Bonchev–Trinajstić information content (AvgIpc) is 3.30. The lowest BCUT2D eigenvalue weighted by molar-refractivity contribution is 1.59. The summed E-state index contributed by atoms with van der Waals surface area (Å²) in [5, 5.41) is 7.50. The lowest BCUT2D eigenvalue weighted by atomic mass is 9.82. The van der Waals surface area contributed by atoms with Gasteiger partial charge < -0.3 is 0 Å². The molecule has 0 aliphatic rings. The highest BCUT2D eigenvalue weighted by Crippen LogP contribution is 2.47. The van der Waals surface area contributed by atoms with Gasteiger partial charge in [0.2, 0.25) is 0 Å². The summed E-state index contributed by atoms with van der Waals surface area (Å²) < 4.78 is 5.67. The molecule has 0 amide bonds. The van der Waals surface area contributed by atoms with Crippen LogP contribution in [0.25, 0.3) is 99.1 Å². The van der Waals surface area contributed by atoms with E-state index in [-0.39, 0.29) is 0 Å². The molecule has 1 unspecified atom stereocenters. The Labute approximate surface area is 327 Å². The third-order valence-electron chi connectivity index (χ3n) is 10.9. The Balaban J connectivity index is 0.00000202. The second-order valence-corrected chi connectivity index (χ2v) is 14.0. The van der Waals surface area contributed by atoms with Gasteiger partial charge in [-0.2, -0.15) is 9.84 Å². The van der Waals surface area contributed by atoms with E-state index < -0.39 is 0 Å². The van der Waals surface area contributed by atoms with E-state index in [2.05, 4.69) is 218 Å². The van der Waals surface area contributed by atoms with E-state index in [4.69, 9.17) is 1.28 Å². The third-order valence-corrected chi connectivity index (χ3v) is 10.9. The molecule has 0 N–H and O–H groups in total. The van der Waals surface area contributed by atoms with Gasteiger partial charge in [-0.05, 0) is 135 Å². The Kier molecular flexibility index (Phi) is 8.81. The van der Waals surface area contributed by atoms with Crippen LogP contribution in [0.4, 0.5) is 0 Å². The van der Waals surface area contributed by atoms with Crippen molar-refractivity contribution in [2.24, 2.45) is 0 Å². The molecule has 0 heterocycles. The Morgan fingerprint density at radius 3 is 0.455 bits per heavy atom. The zero-order valence-corrected chi connectivity index (χ0v) is 31.5. The van der Waals surface area contributed by atoms with Crippen LogP contribution in [0.15, 0.2) is 218 Å². The molecule has 0 radical (unpaired) electrons. The van der Waals surface area contributed by atoms with Crippen LogP contribution in [0.3, 0.4) is 0 Å². The monoisotopic (exact) mass is 720 g/mol. The van der Waals surface area contributed by atoms with Gasteiger partial charge in [0.1, 0.15) is 0 Å². The van der Waals surface area contributed by atoms with Crippen molar-refractivity contribution in [1.82, 2.24) is 0 Å². The topological polar surface area (TPSA) is 0 Å². The smallest absolute Gasteiger partial charge is 0.0511 e. The summed E-state index contributed by atoms with van der Waals surface area (Å²) in [5.41, 5.74) is 14.6. The fraction of sp³-hybridized carbons (Fsp3) is 0. The second kappa shape index (κ2) is 14.7. The predicted octanol–water partition coefficient (Wildman–Crippen LogP) is 15.2. The van der Waals surface area contributed by atoms with E-state index in [0.717, 1.165) is 0 Å². The van der Waals surface area contributed by atoms with Gasteiger partial charge in [0.05, 0.1) is 1.28 Å². The maximum Gasteiger partial charge on any atom is 0.0511 e. The first-order valence-corrected chi connectivity index (χ1v) is 18.7. The third kappa shape index (κ3) is 6.22. The lowest BCUT2D eigenvalue weighted by Crippen LogP contribution is -1.94. The zero-order chi connectivity index (χ0) is 37.8. The highest BCUT2D eigenvalue weighted by Gasteiger charge is 2.20. The van der Waals surface area contributed by atoms with Crippen LogP contribution < -0.4 is 0 Å². The first-order valence-electron chi connectivity index (χ1n) is 19.3. The number of rotatable bonds is 6. The summed E-state index contributed by atoms with van der Waals surface area (Å²) in [6.07, 6.45) is 0. The quantitative estimate of drug-likeness (QED) is 0.119. The summed E-state index contributed by atoms with van der Waals surface area (Å²) in [4.78, 5) is 0. The number of fused-ring (bicyclic) bond motifs is 6.